The van der Waals surface area contributed by atoms with Crippen LogP contribution in [0.25, 0.3) is 11.2 Å². The van der Waals surface area contributed by atoms with Gasteiger partial charge in [-0.2, -0.15) is 9.97 Å². The molecule has 0 aliphatic rings. The van der Waals surface area contributed by atoms with Crippen LogP contribution >= 0.6 is 11.6 Å². The Morgan fingerprint density at radius 3 is 2.39 bits per heavy atom. The van der Waals surface area contributed by atoms with Crippen molar-refractivity contribution in [1.82, 2.24) is 19.5 Å². The molecule has 0 aliphatic heterocycles. The van der Waals surface area contributed by atoms with Gasteiger partial charge in [-0.3, -0.25) is 0 Å². The fraction of sp³-hybridized carbons (Fsp3) is 0.423. The maximum absolute atomic E-state index is 13.2. The van der Waals surface area contributed by atoms with Gasteiger partial charge in [0.25, 0.3) is 5.60 Å². The van der Waals surface area contributed by atoms with Crippen molar-refractivity contribution >= 4 is 40.5 Å². The van der Waals surface area contributed by atoms with Crippen LogP contribution in [-0.4, -0.2) is 70.1 Å². The third kappa shape index (κ3) is 6.47. The molecule has 2 unspecified atom stereocenters. The number of esters is 2. The molecule has 0 saturated heterocycles. The number of benzene rings is 1. The monoisotopic (exact) mass is 545 g/mol. The predicted octanol–water partition coefficient (Wildman–Crippen LogP) is 3.00. The summed E-state index contributed by atoms with van der Waals surface area (Å²) in [5, 5.41) is -0.00639. The maximum atomic E-state index is 13.2. The molecule has 204 valence electrons. The molecule has 0 aliphatic carbocycles. The molecule has 0 bridgehead atoms. The number of aromatic nitrogens is 4. The Kier molecular flexibility index (Phi) is 10.2. The van der Waals surface area contributed by atoms with Crippen molar-refractivity contribution in [3.63, 3.8) is 0 Å². The van der Waals surface area contributed by atoms with Gasteiger partial charge >= 0.3 is 11.9 Å². The Balaban J connectivity index is 1.90. The highest BCUT2D eigenvalue weighted by Crippen LogP contribution is 2.26. The SMILES string of the molecule is C=CC(Cn1cnc2c(N)nc(Cl)nc21)C(COC(Cc1ccccc1)(C(=O)OCC)C(=O)OCC)OC. The van der Waals surface area contributed by atoms with Gasteiger partial charge < -0.3 is 29.2 Å². The summed E-state index contributed by atoms with van der Waals surface area (Å²) in [5.74, 6) is -1.87. The van der Waals surface area contributed by atoms with E-state index >= 15 is 0 Å². The number of halogens is 1. The van der Waals surface area contributed by atoms with E-state index in [-0.39, 0.29) is 43.3 Å². The highest BCUT2D eigenvalue weighted by molar-refractivity contribution is 6.28. The lowest BCUT2D eigenvalue weighted by Crippen LogP contribution is -2.54. The number of hydrogen-bond acceptors (Lipinski definition) is 10. The minimum Gasteiger partial charge on any atom is -0.463 e. The number of imidazole rings is 1. The smallest absolute Gasteiger partial charge is 0.350 e. The average molecular weight is 546 g/mol. The Labute approximate surface area is 225 Å². The number of nitrogens with two attached hydrogens (primary N) is 1. The number of ether oxygens (including phenoxy) is 4. The molecule has 1 aromatic carbocycles. The standard InChI is InChI=1S/C26H32ClN5O6/c1-5-18(14-32-16-29-20-21(28)30-25(27)31-22(20)32)19(35-4)15-38-26(23(33)36-6-2,24(34)37-7-3)13-17-11-9-8-10-12-17/h5,8-12,16,18-19H,1,6-7,13-15H2,2-4H3,(H2,28,30,31). The van der Waals surface area contributed by atoms with Gasteiger partial charge in [-0.1, -0.05) is 36.4 Å². The van der Waals surface area contributed by atoms with E-state index in [0.29, 0.717) is 23.3 Å². The number of hydrogen-bond donors (Lipinski definition) is 1. The molecule has 2 aromatic heterocycles. The average Bonchev–Trinajstić information content (AvgIpc) is 3.30. The van der Waals surface area contributed by atoms with Crippen molar-refractivity contribution in [3.8, 4) is 0 Å². The molecule has 2 heterocycles. The van der Waals surface area contributed by atoms with Gasteiger partial charge in [-0.25, -0.2) is 14.6 Å². The number of carbonyl (C=O) groups is 2. The summed E-state index contributed by atoms with van der Waals surface area (Å²) in [6.45, 7) is 7.52. The van der Waals surface area contributed by atoms with Gasteiger partial charge in [-0.15, -0.1) is 6.58 Å². The van der Waals surface area contributed by atoms with Crippen LogP contribution in [0.1, 0.15) is 19.4 Å². The van der Waals surface area contributed by atoms with E-state index in [1.165, 1.54) is 7.11 Å². The largest absolute Gasteiger partial charge is 0.463 e. The van der Waals surface area contributed by atoms with Crippen molar-refractivity contribution < 1.29 is 28.5 Å². The number of nitrogens with zero attached hydrogens (tertiary/aromatic N) is 4. The molecule has 3 aromatic rings. The number of anilines is 1. The van der Waals surface area contributed by atoms with E-state index in [1.54, 1.807) is 55.1 Å². The lowest BCUT2D eigenvalue weighted by Gasteiger charge is -2.32. The van der Waals surface area contributed by atoms with E-state index in [2.05, 4.69) is 21.5 Å². The molecule has 0 radical (unpaired) electrons. The molecule has 11 nitrogen and oxygen atoms in total. The van der Waals surface area contributed by atoms with Crippen molar-refractivity contribution in [2.75, 3.05) is 32.7 Å². The summed E-state index contributed by atoms with van der Waals surface area (Å²) < 4.78 is 24.1. The second kappa shape index (κ2) is 13.3. The quantitative estimate of drug-likeness (QED) is 0.139. The first kappa shape index (κ1) is 29.0. The summed E-state index contributed by atoms with van der Waals surface area (Å²) in [4.78, 5) is 38.9. The zero-order chi connectivity index (χ0) is 27.7. The maximum Gasteiger partial charge on any atom is 0.350 e. The van der Waals surface area contributed by atoms with Crippen molar-refractivity contribution in [1.29, 1.82) is 0 Å². The Morgan fingerprint density at radius 2 is 1.82 bits per heavy atom. The van der Waals surface area contributed by atoms with Crippen LogP contribution in [0.5, 0.6) is 0 Å². The van der Waals surface area contributed by atoms with Crippen molar-refractivity contribution in [3.05, 3.63) is 60.2 Å². The van der Waals surface area contributed by atoms with Crippen molar-refractivity contribution in [2.45, 2.75) is 38.5 Å². The molecule has 3 rings (SSSR count). The van der Waals surface area contributed by atoms with Gasteiger partial charge in [-0.05, 0) is 31.0 Å². The van der Waals surface area contributed by atoms with E-state index in [4.69, 9.17) is 36.3 Å². The second-order valence-corrected chi connectivity index (χ2v) is 8.70. The van der Waals surface area contributed by atoms with Crippen LogP contribution in [-0.2, 0) is 41.5 Å². The third-order valence-corrected chi connectivity index (χ3v) is 6.12. The molecule has 0 amide bonds. The minimum atomic E-state index is -2.03. The lowest BCUT2D eigenvalue weighted by molar-refractivity contribution is -0.195. The number of nitrogen functional groups attached to an aromatic ring is 1. The number of methoxy groups -OCH3 is 1. The van der Waals surface area contributed by atoms with Gasteiger partial charge in [0.1, 0.15) is 5.52 Å². The normalized spacial score (nSPS) is 13.2. The first-order valence-corrected chi connectivity index (χ1v) is 12.5. The first-order chi connectivity index (χ1) is 18.3. The van der Waals surface area contributed by atoms with Gasteiger partial charge in [0.15, 0.2) is 11.5 Å². The predicted molar refractivity (Wildman–Crippen MR) is 141 cm³/mol. The zero-order valence-electron chi connectivity index (χ0n) is 21.6. The number of carbonyl (C=O) groups excluding carboxylic acids is 2. The lowest BCUT2D eigenvalue weighted by atomic mass is 9.93. The second-order valence-electron chi connectivity index (χ2n) is 8.36. The first-order valence-electron chi connectivity index (χ1n) is 12.1. The zero-order valence-corrected chi connectivity index (χ0v) is 22.4. The Morgan fingerprint density at radius 1 is 1.16 bits per heavy atom. The third-order valence-electron chi connectivity index (χ3n) is 5.95. The van der Waals surface area contributed by atoms with Crippen LogP contribution in [0.15, 0.2) is 49.3 Å². The van der Waals surface area contributed by atoms with Crippen LogP contribution < -0.4 is 5.73 Å². The minimum absolute atomic E-state index is 0.00639. The van der Waals surface area contributed by atoms with E-state index in [1.807, 2.05) is 6.07 Å². The molecule has 0 spiro atoms. The highest BCUT2D eigenvalue weighted by Gasteiger charge is 2.51. The molecule has 0 fully saturated rings. The Hall–Kier alpha value is -3.54. The summed E-state index contributed by atoms with van der Waals surface area (Å²) in [5.41, 5.74) is 5.44. The molecule has 0 saturated carbocycles. The van der Waals surface area contributed by atoms with Gasteiger partial charge in [0.2, 0.25) is 5.28 Å². The molecule has 12 heteroatoms. The van der Waals surface area contributed by atoms with Crippen molar-refractivity contribution in [2.24, 2.45) is 5.92 Å². The van der Waals surface area contributed by atoms with E-state index < -0.39 is 23.6 Å². The van der Waals surface area contributed by atoms with Gasteiger partial charge in [0.05, 0.1) is 32.3 Å². The molecular weight excluding hydrogens is 514 g/mol. The van der Waals surface area contributed by atoms with Crippen LogP contribution in [0.3, 0.4) is 0 Å². The summed E-state index contributed by atoms with van der Waals surface area (Å²) in [7, 11) is 1.50. The summed E-state index contributed by atoms with van der Waals surface area (Å²) in [6, 6.07) is 9.03. The fourth-order valence-electron chi connectivity index (χ4n) is 4.01. The summed E-state index contributed by atoms with van der Waals surface area (Å²) in [6.07, 6.45) is 2.54. The molecule has 2 N–H and O–H groups in total. The van der Waals surface area contributed by atoms with E-state index in [0.717, 1.165) is 0 Å². The highest BCUT2D eigenvalue weighted by atomic mass is 35.5. The molecular formula is C26H32ClN5O6. The molecule has 38 heavy (non-hydrogen) atoms. The fourth-order valence-corrected chi connectivity index (χ4v) is 4.18. The topological polar surface area (TPSA) is 141 Å². The number of rotatable bonds is 14. The van der Waals surface area contributed by atoms with Crippen LogP contribution in [0.2, 0.25) is 5.28 Å². The number of fused-ring (bicyclic) bond motifs is 1. The molecule has 2 atom stereocenters. The van der Waals surface area contributed by atoms with Crippen LogP contribution in [0.4, 0.5) is 5.82 Å². The van der Waals surface area contributed by atoms with E-state index in [9.17, 15) is 9.59 Å². The summed E-state index contributed by atoms with van der Waals surface area (Å²) >= 11 is 5.99. The van der Waals surface area contributed by atoms with Gasteiger partial charge in [0, 0.05) is 26.0 Å². The van der Waals surface area contributed by atoms with Crippen LogP contribution in [0, 0.1) is 5.92 Å². The Bertz CT molecular complexity index is 1230.